The molecule has 0 bridgehead atoms. The van der Waals surface area contributed by atoms with E-state index in [1.165, 1.54) is 12.1 Å². The highest BCUT2D eigenvalue weighted by Crippen LogP contribution is 2.22. The molecule has 3 heteroatoms. The molecule has 0 N–H and O–H groups in total. The quantitative estimate of drug-likeness (QED) is 0.541. The third-order valence-corrected chi connectivity index (χ3v) is 3.07. The molecule has 0 fully saturated rings. The summed E-state index contributed by atoms with van der Waals surface area (Å²) in [6, 6.07) is 12.0. The highest BCUT2D eigenvalue weighted by atomic mass is 19.1. The van der Waals surface area contributed by atoms with Crippen LogP contribution in [0, 0.1) is 5.82 Å². The standard InChI is InChI=1S/C14H10FNO/c1-16-13-5-3-2-4-11(13)10-7-6-9(15)8-12(10)14(16)17/h2-8H,1H3. The molecule has 0 aliphatic carbocycles. The van der Waals surface area contributed by atoms with Gasteiger partial charge in [-0.3, -0.25) is 4.79 Å². The second-order valence-electron chi connectivity index (χ2n) is 4.07. The van der Waals surface area contributed by atoms with E-state index in [-0.39, 0.29) is 11.4 Å². The first kappa shape index (κ1) is 10.0. The van der Waals surface area contributed by atoms with Gasteiger partial charge < -0.3 is 4.57 Å². The van der Waals surface area contributed by atoms with Gasteiger partial charge >= 0.3 is 0 Å². The molecule has 0 unspecified atom stereocenters. The first-order chi connectivity index (χ1) is 8.18. The van der Waals surface area contributed by atoms with Crippen LogP contribution in [-0.2, 0) is 7.05 Å². The fraction of sp³-hybridized carbons (Fsp3) is 0.0714. The number of halogens is 1. The fourth-order valence-electron chi connectivity index (χ4n) is 2.21. The number of aryl methyl sites for hydroxylation is 1. The van der Waals surface area contributed by atoms with Gasteiger partial charge in [-0.05, 0) is 23.6 Å². The molecule has 1 heterocycles. The molecule has 0 aliphatic heterocycles. The van der Waals surface area contributed by atoms with Crippen molar-refractivity contribution in [2.24, 2.45) is 7.05 Å². The summed E-state index contributed by atoms with van der Waals surface area (Å²) in [5, 5.41) is 2.18. The lowest BCUT2D eigenvalue weighted by atomic mass is 10.1. The van der Waals surface area contributed by atoms with Crippen molar-refractivity contribution in [3.8, 4) is 0 Å². The lowest BCUT2D eigenvalue weighted by Crippen LogP contribution is -2.17. The summed E-state index contributed by atoms with van der Waals surface area (Å²) in [7, 11) is 1.70. The molecule has 2 aromatic carbocycles. The largest absolute Gasteiger partial charge is 0.311 e. The molecule has 0 atom stereocenters. The molecular formula is C14H10FNO. The van der Waals surface area contributed by atoms with E-state index in [2.05, 4.69) is 0 Å². The normalized spacial score (nSPS) is 11.2. The van der Waals surface area contributed by atoms with E-state index in [0.717, 1.165) is 16.3 Å². The summed E-state index contributed by atoms with van der Waals surface area (Å²) >= 11 is 0. The summed E-state index contributed by atoms with van der Waals surface area (Å²) in [4.78, 5) is 12.1. The highest BCUT2D eigenvalue weighted by Gasteiger charge is 2.08. The smallest absolute Gasteiger partial charge is 0.258 e. The zero-order valence-corrected chi connectivity index (χ0v) is 9.27. The molecule has 0 amide bonds. The number of aromatic nitrogens is 1. The monoisotopic (exact) mass is 227 g/mol. The lowest BCUT2D eigenvalue weighted by molar-refractivity contribution is 0.629. The van der Waals surface area contributed by atoms with Crippen molar-refractivity contribution in [3.05, 3.63) is 58.6 Å². The van der Waals surface area contributed by atoms with Gasteiger partial charge in [-0.15, -0.1) is 0 Å². The van der Waals surface area contributed by atoms with Gasteiger partial charge in [0.1, 0.15) is 5.82 Å². The van der Waals surface area contributed by atoms with Crippen molar-refractivity contribution in [3.63, 3.8) is 0 Å². The van der Waals surface area contributed by atoms with Gasteiger partial charge in [0.05, 0.1) is 10.9 Å². The van der Waals surface area contributed by atoms with Crippen LogP contribution in [0.5, 0.6) is 0 Å². The number of nitrogens with zero attached hydrogens (tertiary/aromatic N) is 1. The van der Waals surface area contributed by atoms with Gasteiger partial charge in [0, 0.05) is 12.4 Å². The number of rotatable bonds is 0. The Balaban J connectivity index is 2.70. The Morgan fingerprint density at radius 3 is 2.59 bits per heavy atom. The molecule has 1 aromatic heterocycles. The van der Waals surface area contributed by atoms with Gasteiger partial charge in [0.2, 0.25) is 0 Å². The van der Waals surface area contributed by atoms with Crippen LogP contribution in [0.15, 0.2) is 47.3 Å². The maximum absolute atomic E-state index is 13.2. The second-order valence-corrected chi connectivity index (χ2v) is 4.07. The Morgan fingerprint density at radius 2 is 1.76 bits per heavy atom. The minimum atomic E-state index is -0.384. The molecule has 0 saturated heterocycles. The Bertz CT molecular complexity index is 789. The average Bonchev–Trinajstić information content (AvgIpc) is 2.36. The molecular weight excluding hydrogens is 217 g/mol. The number of para-hydroxylation sites is 1. The first-order valence-corrected chi connectivity index (χ1v) is 5.35. The fourth-order valence-corrected chi connectivity index (χ4v) is 2.21. The minimum Gasteiger partial charge on any atom is -0.311 e. The number of fused-ring (bicyclic) bond motifs is 3. The SMILES string of the molecule is Cn1c(=O)c2cc(F)ccc2c2ccccc21. The lowest BCUT2D eigenvalue weighted by Gasteiger charge is -2.08. The average molecular weight is 227 g/mol. The second kappa shape index (κ2) is 3.42. The number of pyridine rings is 1. The van der Waals surface area contributed by atoms with Crippen LogP contribution in [0.4, 0.5) is 4.39 Å². The summed E-state index contributed by atoms with van der Waals surface area (Å²) < 4.78 is 14.8. The zero-order chi connectivity index (χ0) is 12.0. The molecule has 84 valence electrons. The van der Waals surface area contributed by atoms with E-state index in [1.54, 1.807) is 17.7 Å². The molecule has 0 aliphatic rings. The molecule has 3 aromatic rings. The topological polar surface area (TPSA) is 22.0 Å². The predicted molar refractivity (Wildman–Crippen MR) is 66.7 cm³/mol. The van der Waals surface area contributed by atoms with E-state index in [4.69, 9.17) is 0 Å². The van der Waals surface area contributed by atoms with Crippen LogP contribution < -0.4 is 5.56 Å². The Labute approximate surface area is 96.9 Å². The highest BCUT2D eigenvalue weighted by molar-refractivity contribution is 6.05. The van der Waals surface area contributed by atoms with Crippen molar-refractivity contribution >= 4 is 21.7 Å². The van der Waals surface area contributed by atoms with E-state index in [1.807, 2.05) is 24.3 Å². The Morgan fingerprint density at radius 1 is 1.00 bits per heavy atom. The van der Waals surface area contributed by atoms with Crippen molar-refractivity contribution in [1.82, 2.24) is 4.57 Å². The van der Waals surface area contributed by atoms with Gasteiger partial charge in [-0.1, -0.05) is 24.3 Å². The molecule has 3 rings (SSSR count). The van der Waals surface area contributed by atoms with Crippen LogP contribution >= 0.6 is 0 Å². The van der Waals surface area contributed by atoms with E-state index >= 15 is 0 Å². The van der Waals surface area contributed by atoms with E-state index in [0.29, 0.717) is 5.39 Å². The summed E-state index contributed by atoms with van der Waals surface area (Å²) in [5.74, 6) is -0.384. The van der Waals surface area contributed by atoms with E-state index < -0.39 is 0 Å². The third kappa shape index (κ3) is 1.35. The number of hydrogen-bond donors (Lipinski definition) is 0. The maximum atomic E-state index is 13.2. The predicted octanol–water partition coefficient (Wildman–Crippen LogP) is 2.83. The molecule has 0 radical (unpaired) electrons. The first-order valence-electron chi connectivity index (χ1n) is 5.35. The van der Waals surface area contributed by atoms with Crippen molar-refractivity contribution < 1.29 is 4.39 Å². The Hall–Kier alpha value is -2.16. The maximum Gasteiger partial charge on any atom is 0.258 e. The number of benzene rings is 2. The third-order valence-electron chi connectivity index (χ3n) is 3.07. The summed E-state index contributed by atoms with van der Waals surface area (Å²) in [6.07, 6.45) is 0. The summed E-state index contributed by atoms with van der Waals surface area (Å²) in [6.45, 7) is 0. The van der Waals surface area contributed by atoms with Crippen LogP contribution in [0.25, 0.3) is 21.7 Å². The molecule has 17 heavy (non-hydrogen) atoms. The van der Waals surface area contributed by atoms with Crippen LogP contribution in [0.3, 0.4) is 0 Å². The Kier molecular flexibility index (Phi) is 2.01. The van der Waals surface area contributed by atoms with Crippen molar-refractivity contribution in [2.45, 2.75) is 0 Å². The zero-order valence-electron chi connectivity index (χ0n) is 9.27. The molecule has 0 saturated carbocycles. The van der Waals surface area contributed by atoms with Crippen LogP contribution in [0.1, 0.15) is 0 Å². The minimum absolute atomic E-state index is 0.168. The van der Waals surface area contributed by atoms with Crippen molar-refractivity contribution in [1.29, 1.82) is 0 Å². The van der Waals surface area contributed by atoms with Gasteiger partial charge in [-0.2, -0.15) is 0 Å². The van der Waals surface area contributed by atoms with Gasteiger partial charge in [0.15, 0.2) is 0 Å². The van der Waals surface area contributed by atoms with Crippen LogP contribution in [0.2, 0.25) is 0 Å². The van der Waals surface area contributed by atoms with Crippen LogP contribution in [-0.4, -0.2) is 4.57 Å². The summed E-state index contributed by atoms with van der Waals surface area (Å²) in [5.41, 5.74) is 0.690. The molecule has 2 nitrogen and oxygen atoms in total. The number of hydrogen-bond acceptors (Lipinski definition) is 1. The van der Waals surface area contributed by atoms with Gasteiger partial charge in [-0.25, -0.2) is 4.39 Å². The van der Waals surface area contributed by atoms with Crippen molar-refractivity contribution in [2.75, 3.05) is 0 Å². The molecule has 0 spiro atoms. The van der Waals surface area contributed by atoms with E-state index in [9.17, 15) is 9.18 Å². The van der Waals surface area contributed by atoms with Gasteiger partial charge in [0.25, 0.3) is 5.56 Å².